The Bertz CT molecular complexity index is 789. The van der Waals surface area contributed by atoms with Crippen LogP contribution in [0.1, 0.15) is 0 Å². The lowest BCUT2D eigenvalue weighted by molar-refractivity contribution is 0.628. The number of benzene rings is 2. The first-order valence-corrected chi connectivity index (χ1v) is 6.38. The van der Waals surface area contributed by atoms with Gasteiger partial charge in [-0.3, -0.25) is 4.98 Å². The van der Waals surface area contributed by atoms with Gasteiger partial charge in [0.2, 0.25) is 0 Å². The molecule has 1 heterocycles. The number of nitrogens with one attached hydrogen (secondary N) is 1. The van der Waals surface area contributed by atoms with E-state index in [2.05, 4.69) is 10.3 Å². The van der Waals surface area contributed by atoms with Gasteiger partial charge < -0.3 is 11.1 Å². The molecule has 1 aromatic heterocycles. The number of nitrogens with two attached hydrogens (primary N) is 1. The molecule has 0 unspecified atom stereocenters. The Hall–Kier alpha value is -2.33. The van der Waals surface area contributed by atoms with E-state index in [1.807, 2.05) is 24.3 Å². The van der Waals surface area contributed by atoms with E-state index in [4.69, 9.17) is 17.3 Å². The Kier molecular flexibility index (Phi) is 3.16. The second kappa shape index (κ2) is 4.98. The van der Waals surface area contributed by atoms with E-state index < -0.39 is 5.82 Å². The van der Waals surface area contributed by atoms with Crippen molar-refractivity contribution in [1.29, 1.82) is 0 Å². The quantitative estimate of drug-likeness (QED) is 0.736. The molecule has 0 spiro atoms. The standard InChI is InChI=1S/C15H11ClFN3/c16-11-7-9(5-6-12(11)17)20-15-10-3-1-2-4-14(10)19-8-13(15)18/h1-8H,18H2,(H,19,20). The summed E-state index contributed by atoms with van der Waals surface area (Å²) in [5.74, 6) is -0.454. The monoisotopic (exact) mass is 287 g/mol. The molecular weight excluding hydrogens is 277 g/mol. The molecule has 0 fully saturated rings. The fraction of sp³-hybridized carbons (Fsp3) is 0. The van der Waals surface area contributed by atoms with Gasteiger partial charge in [0, 0.05) is 11.1 Å². The highest BCUT2D eigenvalue weighted by molar-refractivity contribution is 6.31. The van der Waals surface area contributed by atoms with Crippen molar-refractivity contribution in [2.45, 2.75) is 0 Å². The van der Waals surface area contributed by atoms with Crippen LogP contribution in [0.15, 0.2) is 48.7 Å². The average molecular weight is 288 g/mol. The maximum Gasteiger partial charge on any atom is 0.141 e. The Morgan fingerprint density at radius 3 is 2.75 bits per heavy atom. The van der Waals surface area contributed by atoms with E-state index in [0.29, 0.717) is 11.4 Å². The summed E-state index contributed by atoms with van der Waals surface area (Å²) in [5.41, 5.74) is 8.72. The number of nitrogens with zero attached hydrogens (tertiary/aromatic N) is 1. The van der Waals surface area contributed by atoms with Crippen LogP contribution in [0.5, 0.6) is 0 Å². The van der Waals surface area contributed by atoms with Crippen LogP contribution in [0.3, 0.4) is 0 Å². The predicted octanol–water partition coefficient (Wildman–Crippen LogP) is 4.35. The fourth-order valence-electron chi connectivity index (χ4n) is 2.01. The van der Waals surface area contributed by atoms with Crippen molar-refractivity contribution >= 4 is 39.6 Å². The summed E-state index contributed by atoms with van der Waals surface area (Å²) in [4.78, 5) is 4.26. The van der Waals surface area contributed by atoms with Crippen LogP contribution in [0.2, 0.25) is 5.02 Å². The molecule has 0 aliphatic carbocycles. The number of fused-ring (bicyclic) bond motifs is 1. The number of hydrogen-bond acceptors (Lipinski definition) is 3. The van der Waals surface area contributed by atoms with Crippen LogP contribution >= 0.6 is 11.6 Å². The molecule has 0 bridgehead atoms. The number of rotatable bonds is 2. The van der Waals surface area contributed by atoms with Gasteiger partial charge in [-0.05, 0) is 24.3 Å². The number of hydrogen-bond donors (Lipinski definition) is 2. The zero-order valence-electron chi connectivity index (χ0n) is 10.4. The highest BCUT2D eigenvalue weighted by Gasteiger charge is 2.08. The normalized spacial score (nSPS) is 10.7. The minimum atomic E-state index is -0.454. The van der Waals surface area contributed by atoms with Crippen molar-refractivity contribution in [2.24, 2.45) is 0 Å². The van der Waals surface area contributed by atoms with Crippen molar-refractivity contribution in [1.82, 2.24) is 4.98 Å². The number of anilines is 3. The molecule has 0 saturated heterocycles. The van der Waals surface area contributed by atoms with Gasteiger partial charge in [-0.1, -0.05) is 29.8 Å². The van der Waals surface area contributed by atoms with E-state index in [1.54, 1.807) is 12.3 Å². The third-order valence-corrected chi connectivity index (χ3v) is 3.28. The van der Waals surface area contributed by atoms with Crippen molar-refractivity contribution in [3.05, 3.63) is 59.5 Å². The molecular formula is C15H11ClFN3. The number of halogens is 2. The molecule has 5 heteroatoms. The molecule has 3 nitrogen and oxygen atoms in total. The van der Waals surface area contributed by atoms with Gasteiger partial charge >= 0.3 is 0 Å². The smallest absolute Gasteiger partial charge is 0.141 e. The Labute approximate surface area is 120 Å². The van der Waals surface area contributed by atoms with Crippen molar-refractivity contribution in [3.63, 3.8) is 0 Å². The largest absolute Gasteiger partial charge is 0.396 e. The molecule has 0 saturated carbocycles. The summed E-state index contributed by atoms with van der Waals surface area (Å²) in [5, 5.41) is 4.13. The van der Waals surface area contributed by atoms with Gasteiger partial charge in [0.25, 0.3) is 0 Å². The molecule has 3 rings (SSSR count). The van der Waals surface area contributed by atoms with Crippen LogP contribution in [-0.4, -0.2) is 4.98 Å². The van der Waals surface area contributed by atoms with Crippen LogP contribution in [-0.2, 0) is 0 Å². The Morgan fingerprint density at radius 1 is 1.15 bits per heavy atom. The summed E-state index contributed by atoms with van der Waals surface area (Å²) in [6, 6.07) is 12.1. The molecule has 20 heavy (non-hydrogen) atoms. The molecule has 3 N–H and O–H groups in total. The van der Waals surface area contributed by atoms with Crippen molar-refractivity contribution < 1.29 is 4.39 Å². The Balaban J connectivity index is 2.10. The maximum absolute atomic E-state index is 13.2. The van der Waals surface area contributed by atoms with E-state index in [-0.39, 0.29) is 5.02 Å². The highest BCUT2D eigenvalue weighted by atomic mass is 35.5. The molecule has 0 atom stereocenters. The zero-order valence-corrected chi connectivity index (χ0v) is 11.2. The second-order valence-electron chi connectivity index (χ2n) is 4.36. The van der Waals surface area contributed by atoms with Crippen LogP contribution < -0.4 is 11.1 Å². The summed E-state index contributed by atoms with van der Waals surface area (Å²) in [6.07, 6.45) is 1.59. The van der Waals surface area contributed by atoms with Gasteiger partial charge in [-0.15, -0.1) is 0 Å². The predicted molar refractivity (Wildman–Crippen MR) is 80.8 cm³/mol. The SMILES string of the molecule is Nc1cnc2ccccc2c1Nc1ccc(F)c(Cl)c1. The lowest BCUT2D eigenvalue weighted by atomic mass is 10.1. The molecule has 0 radical (unpaired) electrons. The summed E-state index contributed by atoms with van der Waals surface area (Å²) in [6.45, 7) is 0. The van der Waals surface area contributed by atoms with Crippen LogP contribution in [0.25, 0.3) is 10.9 Å². The molecule has 2 aromatic carbocycles. The van der Waals surface area contributed by atoms with Gasteiger partial charge in [0.15, 0.2) is 0 Å². The first kappa shape index (κ1) is 12.7. The highest BCUT2D eigenvalue weighted by Crippen LogP contribution is 2.31. The van der Waals surface area contributed by atoms with E-state index in [9.17, 15) is 4.39 Å². The summed E-state index contributed by atoms with van der Waals surface area (Å²) in [7, 11) is 0. The number of para-hydroxylation sites is 1. The summed E-state index contributed by atoms with van der Waals surface area (Å²) >= 11 is 5.78. The number of nitrogen functional groups attached to an aromatic ring is 1. The van der Waals surface area contributed by atoms with E-state index in [1.165, 1.54) is 12.1 Å². The van der Waals surface area contributed by atoms with Gasteiger partial charge in [0.05, 0.1) is 28.1 Å². The van der Waals surface area contributed by atoms with Gasteiger partial charge in [-0.25, -0.2) is 4.39 Å². The molecule has 100 valence electrons. The van der Waals surface area contributed by atoms with Crippen LogP contribution in [0.4, 0.5) is 21.5 Å². The first-order chi connectivity index (χ1) is 9.65. The third kappa shape index (κ3) is 2.26. The molecule has 0 aliphatic heterocycles. The third-order valence-electron chi connectivity index (χ3n) is 2.99. The minimum absolute atomic E-state index is 0.0620. The molecule has 3 aromatic rings. The Morgan fingerprint density at radius 2 is 1.95 bits per heavy atom. The topological polar surface area (TPSA) is 50.9 Å². The lowest BCUT2D eigenvalue weighted by Gasteiger charge is -2.12. The minimum Gasteiger partial charge on any atom is -0.396 e. The number of pyridine rings is 1. The maximum atomic E-state index is 13.2. The van der Waals surface area contributed by atoms with Crippen molar-refractivity contribution in [3.8, 4) is 0 Å². The first-order valence-electron chi connectivity index (χ1n) is 6.00. The van der Waals surface area contributed by atoms with E-state index in [0.717, 1.165) is 16.6 Å². The fourth-order valence-corrected chi connectivity index (χ4v) is 2.20. The average Bonchev–Trinajstić information content (AvgIpc) is 2.46. The second-order valence-corrected chi connectivity index (χ2v) is 4.77. The summed E-state index contributed by atoms with van der Waals surface area (Å²) < 4.78 is 13.2. The van der Waals surface area contributed by atoms with Crippen LogP contribution in [0, 0.1) is 5.82 Å². The van der Waals surface area contributed by atoms with Gasteiger partial charge in [0.1, 0.15) is 5.82 Å². The van der Waals surface area contributed by atoms with Crippen molar-refractivity contribution in [2.75, 3.05) is 11.1 Å². The molecule has 0 aliphatic rings. The van der Waals surface area contributed by atoms with E-state index >= 15 is 0 Å². The zero-order chi connectivity index (χ0) is 14.1. The van der Waals surface area contributed by atoms with Gasteiger partial charge in [-0.2, -0.15) is 0 Å². The molecule has 0 amide bonds. The lowest BCUT2D eigenvalue weighted by Crippen LogP contribution is -1.99. The number of aromatic nitrogens is 1.